The zero-order valence-corrected chi connectivity index (χ0v) is 15.6. The highest BCUT2D eigenvalue weighted by Crippen LogP contribution is 2.29. The Morgan fingerprint density at radius 2 is 1.70 bits per heavy atom. The maximum Gasteiger partial charge on any atom is 0.129 e. The van der Waals surface area contributed by atoms with E-state index in [2.05, 4.69) is 41.0 Å². The highest BCUT2D eigenvalue weighted by Gasteiger charge is 2.10. The molecule has 2 nitrogen and oxygen atoms in total. The molecule has 3 aromatic carbocycles. The third-order valence-corrected chi connectivity index (χ3v) is 5.40. The van der Waals surface area contributed by atoms with Crippen molar-refractivity contribution in [1.29, 1.82) is 0 Å². The average Bonchev–Trinajstić information content (AvgIpc) is 3.21. The Labute approximate surface area is 162 Å². The largest absolute Gasteiger partial charge is 0.488 e. The van der Waals surface area contributed by atoms with Gasteiger partial charge in [-0.25, -0.2) is 4.39 Å². The molecule has 1 aromatic heterocycles. The molecule has 0 saturated heterocycles. The van der Waals surface area contributed by atoms with Gasteiger partial charge < -0.3 is 10.1 Å². The number of halogens is 1. The number of hydrogen-bond acceptors (Lipinski definition) is 3. The van der Waals surface area contributed by atoms with E-state index in [4.69, 9.17) is 4.74 Å². The van der Waals surface area contributed by atoms with Crippen LogP contribution in [0.3, 0.4) is 0 Å². The van der Waals surface area contributed by atoms with Gasteiger partial charge in [0.15, 0.2) is 0 Å². The monoisotopic (exact) mass is 377 g/mol. The van der Waals surface area contributed by atoms with E-state index in [1.54, 1.807) is 23.5 Å². The molecular weight excluding hydrogens is 357 g/mol. The average molecular weight is 377 g/mol. The Morgan fingerprint density at radius 3 is 2.56 bits per heavy atom. The molecule has 1 N–H and O–H groups in total. The van der Waals surface area contributed by atoms with Gasteiger partial charge in [0.2, 0.25) is 0 Å². The van der Waals surface area contributed by atoms with Crippen molar-refractivity contribution in [2.75, 3.05) is 0 Å². The van der Waals surface area contributed by atoms with Crippen LogP contribution in [-0.4, -0.2) is 0 Å². The molecule has 1 heterocycles. The first-order chi connectivity index (χ1) is 13.3. The van der Waals surface area contributed by atoms with Gasteiger partial charge in [0.25, 0.3) is 0 Å². The lowest BCUT2D eigenvalue weighted by molar-refractivity contribution is 0.296. The molecule has 4 heteroatoms. The van der Waals surface area contributed by atoms with Crippen LogP contribution in [0, 0.1) is 5.82 Å². The lowest BCUT2D eigenvalue weighted by Gasteiger charge is -2.15. The van der Waals surface area contributed by atoms with Crippen LogP contribution in [0.1, 0.15) is 16.0 Å². The summed E-state index contributed by atoms with van der Waals surface area (Å²) >= 11 is 1.74. The van der Waals surface area contributed by atoms with Crippen molar-refractivity contribution in [2.45, 2.75) is 19.7 Å². The fourth-order valence-electron chi connectivity index (χ4n) is 3.13. The van der Waals surface area contributed by atoms with Crippen molar-refractivity contribution in [2.24, 2.45) is 0 Å². The number of thiophene rings is 1. The van der Waals surface area contributed by atoms with E-state index in [1.807, 2.05) is 24.3 Å². The smallest absolute Gasteiger partial charge is 0.129 e. The van der Waals surface area contributed by atoms with Gasteiger partial charge in [0, 0.05) is 29.1 Å². The fourth-order valence-corrected chi connectivity index (χ4v) is 3.80. The standard InChI is InChI=1S/C23H20FNOS/c24-22-10-4-2-7-18(22)16-26-23-12-11-17-6-1-3-9-20(17)21(23)15-25-14-19-8-5-13-27-19/h1-13,25H,14-16H2. The third kappa shape index (κ3) is 4.18. The highest BCUT2D eigenvalue weighted by atomic mass is 32.1. The summed E-state index contributed by atoms with van der Waals surface area (Å²) in [5.41, 5.74) is 1.66. The first-order valence-electron chi connectivity index (χ1n) is 8.91. The molecule has 0 aliphatic heterocycles. The third-order valence-electron chi connectivity index (χ3n) is 4.52. The minimum Gasteiger partial charge on any atom is -0.488 e. The van der Waals surface area contributed by atoms with E-state index < -0.39 is 0 Å². The van der Waals surface area contributed by atoms with E-state index in [0.717, 1.165) is 23.2 Å². The predicted molar refractivity (Wildman–Crippen MR) is 110 cm³/mol. The lowest BCUT2D eigenvalue weighted by atomic mass is 10.0. The van der Waals surface area contributed by atoms with Crippen molar-refractivity contribution < 1.29 is 9.13 Å². The molecule has 0 saturated carbocycles. The van der Waals surface area contributed by atoms with Gasteiger partial charge in [0.05, 0.1) is 0 Å². The van der Waals surface area contributed by atoms with Crippen LogP contribution in [0.4, 0.5) is 4.39 Å². The molecule has 27 heavy (non-hydrogen) atoms. The van der Waals surface area contributed by atoms with E-state index >= 15 is 0 Å². The van der Waals surface area contributed by atoms with Crippen LogP contribution in [0.5, 0.6) is 5.75 Å². The summed E-state index contributed by atoms with van der Waals surface area (Å²) in [4.78, 5) is 1.30. The second kappa shape index (κ2) is 8.33. The minimum atomic E-state index is -0.240. The predicted octanol–water partition coefficient (Wildman–Crippen LogP) is 5.91. The Morgan fingerprint density at radius 1 is 0.852 bits per heavy atom. The summed E-state index contributed by atoms with van der Waals surface area (Å²) in [6, 6.07) is 23.2. The normalized spacial score (nSPS) is 11.0. The Bertz CT molecular complexity index is 1030. The molecular formula is C23H20FNOS. The van der Waals surface area contributed by atoms with Gasteiger partial charge in [-0.05, 0) is 34.4 Å². The van der Waals surface area contributed by atoms with Crippen LogP contribution in [0.2, 0.25) is 0 Å². The van der Waals surface area contributed by atoms with Crippen molar-refractivity contribution in [3.8, 4) is 5.75 Å². The molecule has 4 rings (SSSR count). The number of ether oxygens (including phenoxy) is 1. The number of fused-ring (bicyclic) bond motifs is 1. The molecule has 0 aliphatic carbocycles. The minimum absolute atomic E-state index is 0.211. The number of hydrogen-bond donors (Lipinski definition) is 1. The summed E-state index contributed by atoms with van der Waals surface area (Å²) in [6.45, 7) is 1.71. The molecule has 0 bridgehead atoms. The van der Waals surface area contributed by atoms with Gasteiger partial charge >= 0.3 is 0 Å². The first-order valence-corrected chi connectivity index (χ1v) is 9.79. The van der Waals surface area contributed by atoms with Gasteiger partial charge in [0.1, 0.15) is 18.2 Å². The SMILES string of the molecule is Fc1ccccc1COc1ccc2ccccc2c1CNCc1cccs1. The summed E-state index contributed by atoms with van der Waals surface area (Å²) in [5, 5.41) is 7.91. The van der Waals surface area contributed by atoms with Gasteiger partial charge in [-0.3, -0.25) is 0 Å². The van der Waals surface area contributed by atoms with E-state index in [-0.39, 0.29) is 12.4 Å². The fraction of sp³-hybridized carbons (Fsp3) is 0.130. The van der Waals surface area contributed by atoms with Crippen molar-refractivity contribution >= 4 is 22.1 Å². The molecule has 0 unspecified atom stereocenters. The quantitative estimate of drug-likeness (QED) is 0.432. The maximum atomic E-state index is 13.9. The molecule has 0 spiro atoms. The molecule has 0 atom stereocenters. The van der Waals surface area contributed by atoms with E-state index in [9.17, 15) is 4.39 Å². The summed E-state index contributed by atoms with van der Waals surface area (Å²) in [7, 11) is 0. The topological polar surface area (TPSA) is 21.3 Å². The lowest BCUT2D eigenvalue weighted by Crippen LogP contribution is -2.13. The Kier molecular flexibility index (Phi) is 5.47. The maximum absolute atomic E-state index is 13.9. The zero-order chi connectivity index (χ0) is 18.5. The first kappa shape index (κ1) is 17.7. The van der Waals surface area contributed by atoms with Crippen LogP contribution in [0.25, 0.3) is 10.8 Å². The second-order valence-corrected chi connectivity index (χ2v) is 7.36. The number of rotatable bonds is 7. The van der Waals surface area contributed by atoms with E-state index in [1.165, 1.54) is 16.3 Å². The van der Waals surface area contributed by atoms with Crippen molar-refractivity contribution in [3.05, 3.63) is 100.0 Å². The molecule has 0 radical (unpaired) electrons. The van der Waals surface area contributed by atoms with Crippen LogP contribution in [-0.2, 0) is 19.7 Å². The molecule has 0 fully saturated rings. The zero-order valence-electron chi connectivity index (χ0n) is 14.8. The Balaban J connectivity index is 1.57. The summed E-state index contributed by atoms with van der Waals surface area (Å²) in [5.74, 6) is 0.547. The highest BCUT2D eigenvalue weighted by molar-refractivity contribution is 7.09. The molecule has 4 aromatic rings. The number of benzene rings is 3. The second-order valence-electron chi connectivity index (χ2n) is 6.33. The van der Waals surface area contributed by atoms with E-state index in [0.29, 0.717) is 12.1 Å². The van der Waals surface area contributed by atoms with Gasteiger partial charge in [-0.1, -0.05) is 54.6 Å². The van der Waals surface area contributed by atoms with Crippen molar-refractivity contribution in [3.63, 3.8) is 0 Å². The van der Waals surface area contributed by atoms with Gasteiger partial charge in [-0.15, -0.1) is 11.3 Å². The summed E-state index contributed by atoms with van der Waals surface area (Å²) < 4.78 is 19.9. The van der Waals surface area contributed by atoms with Crippen LogP contribution >= 0.6 is 11.3 Å². The van der Waals surface area contributed by atoms with Crippen LogP contribution < -0.4 is 10.1 Å². The van der Waals surface area contributed by atoms with Gasteiger partial charge in [-0.2, -0.15) is 0 Å². The van der Waals surface area contributed by atoms with Crippen molar-refractivity contribution in [1.82, 2.24) is 5.32 Å². The molecule has 136 valence electrons. The summed E-state index contributed by atoms with van der Waals surface area (Å²) in [6.07, 6.45) is 0. The Hall–Kier alpha value is -2.69. The molecule has 0 aliphatic rings. The van der Waals surface area contributed by atoms with Crippen LogP contribution in [0.15, 0.2) is 78.2 Å². The molecule has 0 amide bonds. The number of nitrogens with one attached hydrogen (secondary N) is 1.